The molecule has 1 aromatic heterocycles. The second-order valence-electron chi connectivity index (χ2n) is 2.05. The lowest BCUT2D eigenvalue weighted by atomic mass is 10.5. The van der Waals surface area contributed by atoms with Gasteiger partial charge in [0.25, 0.3) is 0 Å². The number of halogens is 4. The Bertz CT molecular complexity index is 315. The molecule has 72 valence electrons. The van der Waals surface area contributed by atoms with Crippen LogP contribution in [0.5, 0.6) is 0 Å². The largest absolute Gasteiger partial charge is 0.451 e. The van der Waals surface area contributed by atoms with Gasteiger partial charge in [-0.15, -0.1) is 11.8 Å². The zero-order valence-corrected chi connectivity index (χ0v) is 7.96. The van der Waals surface area contributed by atoms with Gasteiger partial charge in [0.1, 0.15) is 5.15 Å². The van der Waals surface area contributed by atoms with Gasteiger partial charge < -0.3 is 0 Å². The fourth-order valence-corrected chi connectivity index (χ4v) is 1.36. The van der Waals surface area contributed by atoms with Crippen LogP contribution in [-0.2, 0) is 6.18 Å². The van der Waals surface area contributed by atoms with Gasteiger partial charge in [0.2, 0.25) is 5.82 Å². The summed E-state index contributed by atoms with van der Waals surface area (Å²) < 4.78 is 36.0. The Kier molecular flexibility index (Phi) is 3.02. The first-order chi connectivity index (χ1) is 5.95. The molecule has 0 aliphatic rings. The normalized spacial score (nSPS) is 11.8. The Morgan fingerprint density at radius 1 is 1.46 bits per heavy atom. The maximum atomic E-state index is 12.0. The molecule has 0 aromatic carbocycles. The first kappa shape index (κ1) is 10.6. The highest BCUT2D eigenvalue weighted by atomic mass is 35.5. The summed E-state index contributed by atoms with van der Waals surface area (Å²) >= 11 is 6.65. The molecule has 7 heteroatoms. The first-order valence-electron chi connectivity index (χ1n) is 3.09. The lowest BCUT2D eigenvalue weighted by Crippen LogP contribution is -2.10. The van der Waals surface area contributed by atoms with Crippen molar-refractivity contribution in [2.75, 3.05) is 6.26 Å². The zero-order valence-electron chi connectivity index (χ0n) is 6.39. The SMILES string of the molecule is CSc1cnc(C(F)(F)F)nc1Cl. The maximum absolute atomic E-state index is 12.0. The van der Waals surface area contributed by atoms with Gasteiger partial charge in [-0.25, -0.2) is 9.97 Å². The summed E-state index contributed by atoms with van der Waals surface area (Å²) in [5, 5.41) is -0.171. The molecular weight excluding hydrogens is 225 g/mol. The van der Waals surface area contributed by atoms with Crippen molar-refractivity contribution in [3.05, 3.63) is 17.2 Å². The molecule has 0 saturated carbocycles. The van der Waals surface area contributed by atoms with Gasteiger partial charge in [0.15, 0.2) is 0 Å². The highest BCUT2D eigenvalue weighted by Crippen LogP contribution is 2.29. The molecule has 0 atom stereocenters. The second-order valence-corrected chi connectivity index (χ2v) is 3.26. The molecule has 0 radical (unpaired) electrons. The number of hydrogen-bond donors (Lipinski definition) is 0. The second kappa shape index (κ2) is 3.71. The third kappa shape index (κ3) is 2.47. The van der Waals surface area contributed by atoms with E-state index < -0.39 is 12.0 Å². The van der Waals surface area contributed by atoms with Crippen LogP contribution in [0.25, 0.3) is 0 Å². The van der Waals surface area contributed by atoms with Crippen LogP contribution in [-0.4, -0.2) is 16.2 Å². The van der Waals surface area contributed by atoms with Crippen LogP contribution >= 0.6 is 23.4 Å². The molecule has 0 saturated heterocycles. The van der Waals surface area contributed by atoms with E-state index in [1.165, 1.54) is 11.8 Å². The molecular formula is C6H4ClF3N2S. The van der Waals surface area contributed by atoms with Gasteiger partial charge in [-0.1, -0.05) is 11.6 Å². The average molecular weight is 229 g/mol. The monoisotopic (exact) mass is 228 g/mol. The maximum Gasteiger partial charge on any atom is 0.451 e. The van der Waals surface area contributed by atoms with Gasteiger partial charge in [-0.05, 0) is 6.26 Å². The summed E-state index contributed by atoms with van der Waals surface area (Å²) in [6, 6.07) is 0. The molecule has 0 bridgehead atoms. The van der Waals surface area contributed by atoms with Gasteiger partial charge in [-0.2, -0.15) is 13.2 Å². The Hall–Kier alpha value is -0.490. The molecule has 1 aromatic rings. The van der Waals surface area contributed by atoms with Crippen LogP contribution in [0.2, 0.25) is 5.15 Å². The highest BCUT2D eigenvalue weighted by molar-refractivity contribution is 7.98. The summed E-state index contributed by atoms with van der Waals surface area (Å²) in [5.41, 5.74) is 0. The Morgan fingerprint density at radius 2 is 2.08 bits per heavy atom. The molecule has 0 fully saturated rings. The Morgan fingerprint density at radius 3 is 2.46 bits per heavy atom. The van der Waals surface area contributed by atoms with Crippen molar-refractivity contribution in [2.45, 2.75) is 11.1 Å². The Balaban J connectivity index is 3.10. The molecule has 0 N–H and O–H groups in total. The van der Waals surface area contributed by atoms with Crippen molar-refractivity contribution in [3.8, 4) is 0 Å². The van der Waals surface area contributed by atoms with Crippen LogP contribution in [0.3, 0.4) is 0 Å². The van der Waals surface area contributed by atoms with Gasteiger partial charge in [0.05, 0.1) is 4.90 Å². The summed E-state index contributed by atoms with van der Waals surface area (Å²) in [4.78, 5) is 6.69. The minimum atomic E-state index is -4.54. The van der Waals surface area contributed by atoms with Crippen LogP contribution < -0.4 is 0 Å². The molecule has 0 unspecified atom stereocenters. The van der Waals surface area contributed by atoms with Gasteiger partial charge in [-0.3, -0.25) is 0 Å². The van der Waals surface area contributed by atoms with E-state index >= 15 is 0 Å². The van der Waals surface area contributed by atoms with Crippen molar-refractivity contribution >= 4 is 23.4 Å². The first-order valence-corrected chi connectivity index (χ1v) is 4.69. The molecule has 0 aliphatic carbocycles. The highest BCUT2D eigenvalue weighted by Gasteiger charge is 2.35. The molecule has 1 rings (SSSR count). The molecule has 2 nitrogen and oxygen atoms in total. The van der Waals surface area contributed by atoms with E-state index in [1.54, 1.807) is 6.26 Å². The average Bonchev–Trinajstić information content (AvgIpc) is 2.02. The lowest BCUT2D eigenvalue weighted by Gasteiger charge is -2.05. The van der Waals surface area contributed by atoms with Crippen LogP contribution in [0, 0.1) is 0 Å². The van der Waals surface area contributed by atoms with Crippen molar-refractivity contribution in [1.82, 2.24) is 9.97 Å². The summed E-state index contributed by atoms with van der Waals surface area (Å²) in [6.07, 6.45) is -1.80. The quantitative estimate of drug-likeness (QED) is 0.546. The number of hydrogen-bond acceptors (Lipinski definition) is 3. The minimum absolute atomic E-state index is 0.171. The molecule has 13 heavy (non-hydrogen) atoms. The van der Waals surface area contributed by atoms with Crippen LogP contribution in [0.15, 0.2) is 11.1 Å². The smallest absolute Gasteiger partial charge is 0.232 e. The predicted octanol–water partition coefficient (Wildman–Crippen LogP) is 2.87. The van der Waals surface area contributed by atoms with Gasteiger partial charge >= 0.3 is 6.18 Å². The van der Waals surface area contributed by atoms with E-state index in [0.29, 0.717) is 4.90 Å². The fraction of sp³-hybridized carbons (Fsp3) is 0.333. The van der Waals surface area contributed by atoms with Crippen molar-refractivity contribution in [1.29, 1.82) is 0 Å². The third-order valence-electron chi connectivity index (χ3n) is 1.18. The number of rotatable bonds is 1. The van der Waals surface area contributed by atoms with E-state index in [-0.39, 0.29) is 5.15 Å². The van der Waals surface area contributed by atoms with E-state index in [0.717, 1.165) is 6.20 Å². The Labute approximate surface area is 81.5 Å². The zero-order chi connectivity index (χ0) is 10.1. The van der Waals surface area contributed by atoms with Crippen molar-refractivity contribution in [3.63, 3.8) is 0 Å². The molecule has 0 spiro atoms. The van der Waals surface area contributed by atoms with Crippen LogP contribution in [0.1, 0.15) is 5.82 Å². The van der Waals surface area contributed by atoms with Crippen molar-refractivity contribution in [2.24, 2.45) is 0 Å². The molecule has 1 heterocycles. The summed E-state index contributed by atoms with van der Waals surface area (Å²) in [6.45, 7) is 0. The third-order valence-corrected chi connectivity index (χ3v) is 2.32. The number of thioether (sulfide) groups is 1. The molecule has 0 aliphatic heterocycles. The minimum Gasteiger partial charge on any atom is -0.232 e. The topological polar surface area (TPSA) is 25.8 Å². The number of nitrogens with zero attached hydrogens (tertiary/aromatic N) is 2. The van der Waals surface area contributed by atoms with Gasteiger partial charge in [0, 0.05) is 6.20 Å². The van der Waals surface area contributed by atoms with E-state index in [1.807, 2.05) is 0 Å². The standard InChI is InChI=1S/C6H4ClF3N2S/c1-13-3-2-11-5(6(8,9)10)12-4(3)7/h2H,1H3. The summed E-state index contributed by atoms with van der Waals surface area (Å²) in [5.74, 6) is -1.21. The number of alkyl halides is 3. The fourth-order valence-electron chi connectivity index (χ4n) is 0.623. The lowest BCUT2D eigenvalue weighted by molar-refractivity contribution is -0.145. The predicted molar refractivity (Wildman–Crippen MR) is 43.8 cm³/mol. The van der Waals surface area contributed by atoms with Crippen LogP contribution in [0.4, 0.5) is 13.2 Å². The van der Waals surface area contributed by atoms with E-state index in [9.17, 15) is 13.2 Å². The molecule has 0 amide bonds. The van der Waals surface area contributed by atoms with Crippen molar-refractivity contribution < 1.29 is 13.2 Å². The van der Waals surface area contributed by atoms with E-state index in [4.69, 9.17) is 11.6 Å². The number of aromatic nitrogens is 2. The summed E-state index contributed by atoms with van der Waals surface area (Å²) in [7, 11) is 0. The van der Waals surface area contributed by atoms with E-state index in [2.05, 4.69) is 9.97 Å².